The number of ether oxygens (including phenoxy) is 1. The number of halogens is 2. The minimum atomic E-state index is -2.97. The maximum absolute atomic E-state index is 14.8. The number of alkyl halides is 2. The number of benzene rings is 1. The molecule has 1 aromatic carbocycles. The summed E-state index contributed by atoms with van der Waals surface area (Å²) in [6.45, 7) is 8.36. The van der Waals surface area contributed by atoms with E-state index in [1.165, 1.54) is 12.1 Å². The zero-order valence-electron chi connectivity index (χ0n) is 13.5. The van der Waals surface area contributed by atoms with E-state index in [1.54, 1.807) is 18.2 Å². The SMILES string of the molecule is CCOCC(N[S+](C)C(C)(C)C)C(F)(F)c1ccccc1. The van der Waals surface area contributed by atoms with Crippen LogP contribution in [-0.2, 0) is 21.7 Å². The van der Waals surface area contributed by atoms with Gasteiger partial charge in [0.15, 0.2) is 0 Å². The summed E-state index contributed by atoms with van der Waals surface area (Å²) in [4.78, 5) is 0. The zero-order chi connectivity index (χ0) is 16.1. The lowest BCUT2D eigenvalue weighted by molar-refractivity contribution is -0.0617. The van der Waals surface area contributed by atoms with Crippen LogP contribution in [0.3, 0.4) is 0 Å². The van der Waals surface area contributed by atoms with Crippen molar-refractivity contribution in [2.75, 3.05) is 19.5 Å². The lowest BCUT2D eigenvalue weighted by Crippen LogP contribution is -2.52. The molecule has 0 spiro atoms. The molecule has 0 saturated heterocycles. The van der Waals surface area contributed by atoms with Gasteiger partial charge in [-0.3, -0.25) is 0 Å². The highest BCUT2D eigenvalue weighted by Gasteiger charge is 2.46. The molecule has 120 valence electrons. The molecule has 2 nitrogen and oxygen atoms in total. The Morgan fingerprint density at radius 1 is 1.19 bits per heavy atom. The van der Waals surface area contributed by atoms with Crippen LogP contribution in [0, 0.1) is 0 Å². The van der Waals surface area contributed by atoms with Gasteiger partial charge in [-0.1, -0.05) is 30.3 Å². The number of hydrogen-bond acceptors (Lipinski definition) is 2. The number of nitrogens with one attached hydrogen (secondary N) is 1. The lowest BCUT2D eigenvalue weighted by atomic mass is 10.0. The van der Waals surface area contributed by atoms with Crippen LogP contribution in [0.15, 0.2) is 30.3 Å². The van der Waals surface area contributed by atoms with Crippen LogP contribution in [0.4, 0.5) is 8.78 Å². The van der Waals surface area contributed by atoms with Gasteiger partial charge in [-0.2, -0.15) is 8.78 Å². The summed E-state index contributed by atoms with van der Waals surface area (Å²) in [6.07, 6.45) is 1.96. The summed E-state index contributed by atoms with van der Waals surface area (Å²) in [5, 5.41) is 0. The molecule has 1 N–H and O–H groups in total. The Balaban J connectivity index is 2.95. The lowest BCUT2D eigenvalue weighted by Gasteiger charge is -2.29. The minimum Gasteiger partial charge on any atom is -0.380 e. The van der Waals surface area contributed by atoms with Crippen molar-refractivity contribution in [1.29, 1.82) is 0 Å². The third-order valence-corrected chi connectivity index (χ3v) is 5.80. The fourth-order valence-electron chi connectivity index (χ4n) is 1.70. The molecule has 21 heavy (non-hydrogen) atoms. The van der Waals surface area contributed by atoms with Crippen molar-refractivity contribution >= 4 is 11.1 Å². The van der Waals surface area contributed by atoms with Gasteiger partial charge >= 0.3 is 0 Å². The smallest absolute Gasteiger partial charge is 0.294 e. The van der Waals surface area contributed by atoms with Crippen LogP contribution in [0.1, 0.15) is 33.3 Å². The van der Waals surface area contributed by atoms with Gasteiger partial charge in [-0.15, -0.1) is 4.72 Å². The van der Waals surface area contributed by atoms with Gasteiger partial charge in [-0.05, 0) is 27.7 Å². The molecule has 0 aliphatic heterocycles. The molecule has 0 aliphatic carbocycles. The molecule has 0 fully saturated rings. The molecule has 1 aromatic rings. The summed E-state index contributed by atoms with van der Waals surface area (Å²) in [7, 11) is 0. The van der Waals surface area contributed by atoms with E-state index in [4.69, 9.17) is 4.74 Å². The molecule has 2 atom stereocenters. The Morgan fingerprint density at radius 2 is 1.76 bits per heavy atom. The Kier molecular flexibility index (Phi) is 6.63. The Morgan fingerprint density at radius 3 is 2.24 bits per heavy atom. The fourth-order valence-corrected chi connectivity index (χ4v) is 2.70. The molecule has 0 aliphatic rings. The van der Waals surface area contributed by atoms with E-state index in [2.05, 4.69) is 4.72 Å². The quantitative estimate of drug-likeness (QED) is 0.773. The molecular formula is C16H26F2NOS+. The molecule has 0 bridgehead atoms. The van der Waals surface area contributed by atoms with Gasteiger partial charge < -0.3 is 4.74 Å². The van der Waals surface area contributed by atoms with Gasteiger partial charge in [0.1, 0.15) is 17.0 Å². The third-order valence-electron chi connectivity index (χ3n) is 3.32. The first-order chi connectivity index (χ1) is 9.69. The predicted molar refractivity (Wildman–Crippen MR) is 86.8 cm³/mol. The second-order valence-electron chi connectivity index (χ2n) is 5.94. The van der Waals surface area contributed by atoms with E-state index < -0.39 is 12.0 Å². The molecule has 2 unspecified atom stereocenters. The van der Waals surface area contributed by atoms with Crippen LogP contribution in [0.2, 0.25) is 0 Å². The third kappa shape index (κ3) is 5.24. The molecule has 5 heteroatoms. The fraction of sp³-hybridized carbons (Fsp3) is 0.625. The van der Waals surface area contributed by atoms with E-state index >= 15 is 0 Å². The van der Waals surface area contributed by atoms with E-state index in [9.17, 15) is 8.78 Å². The van der Waals surface area contributed by atoms with Crippen molar-refractivity contribution in [3.05, 3.63) is 35.9 Å². The molecule has 1 rings (SSSR count). The van der Waals surface area contributed by atoms with Crippen molar-refractivity contribution in [2.45, 2.75) is 44.4 Å². The second kappa shape index (κ2) is 7.56. The topological polar surface area (TPSA) is 21.3 Å². The Bertz CT molecular complexity index is 420. The average molecular weight is 318 g/mol. The molecule has 0 aromatic heterocycles. The maximum atomic E-state index is 14.8. The summed E-state index contributed by atoms with van der Waals surface area (Å²) >= 11 is -0.351. The van der Waals surface area contributed by atoms with Gasteiger partial charge in [0.05, 0.1) is 17.7 Å². The Hall–Kier alpha value is -0.650. The largest absolute Gasteiger partial charge is 0.380 e. The van der Waals surface area contributed by atoms with E-state index in [1.807, 2.05) is 34.0 Å². The van der Waals surface area contributed by atoms with Gasteiger partial charge in [0.2, 0.25) is 0 Å². The molecular weight excluding hydrogens is 292 g/mol. The predicted octanol–water partition coefficient (Wildman–Crippen LogP) is 3.73. The first-order valence-electron chi connectivity index (χ1n) is 7.13. The van der Waals surface area contributed by atoms with E-state index in [0.29, 0.717) is 6.61 Å². The van der Waals surface area contributed by atoms with Crippen LogP contribution in [-0.4, -0.2) is 30.3 Å². The first-order valence-corrected chi connectivity index (χ1v) is 8.76. The van der Waals surface area contributed by atoms with Crippen molar-refractivity contribution in [2.24, 2.45) is 0 Å². The summed E-state index contributed by atoms with van der Waals surface area (Å²) < 4.78 is 37.8. The van der Waals surface area contributed by atoms with Gasteiger partial charge in [0, 0.05) is 12.2 Å². The molecule has 0 amide bonds. The minimum absolute atomic E-state index is 0.00812. The van der Waals surface area contributed by atoms with Crippen LogP contribution in [0.25, 0.3) is 0 Å². The van der Waals surface area contributed by atoms with Gasteiger partial charge in [0.25, 0.3) is 5.92 Å². The van der Waals surface area contributed by atoms with Crippen LogP contribution in [0.5, 0.6) is 0 Å². The van der Waals surface area contributed by atoms with Crippen molar-refractivity contribution in [3.63, 3.8) is 0 Å². The van der Waals surface area contributed by atoms with Crippen molar-refractivity contribution in [1.82, 2.24) is 4.72 Å². The van der Waals surface area contributed by atoms with E-state index in [0.717, 1.165) is 0 Å². The zero-order valence-corrected chi connectivity index (χ0v) is 14.3. The van der Waals surface area contributed by atoms with Gasteiger partial charge in [-0.25, -0.2) is 0 Å². The second-order valence-corrected chi connectivity index (χ2v) is 8.42. The summed E-state index contributed by atoms with van der Waals surface area (Å²) in [6, 6.07) is 6.90. The first kappa shape index (κ1) is 18.4. The molecule has 0 heterocycles. The standard InChI is InChI=1S/C16H26F2NOS/c1-6-20-12-14(19-21(5)15(2,3)4)16(17,18)13-10-8-7-9-11-13/h7-11,14,19H,6,12H2,1-5H3/q+1. The van der Waals surface area contributed by atoms with Crippen LogP contribution >= 0.6 is 0 Å². The Labute approximate surface area is 129 Å². The maximum Gasteiger partial charge on any atom is 0.294 e. The normalized spacial score (nSPS) is 15.8. The average Bonchev–Trinajstić information content (AvgIpc) is 2.42. The van der Waals surface area contributed by atoms with Crippen LogP contribution < -0.4 is 4.72 Å². The number of hydrogen-bond donors (Lipinski definition) is 1. The number of rotatable bonds is 7. The van der Waals surface area contributed by atoms with Crippen molar-refractivity contribution < 1.29 is 13.5 Å². The molecule has 0 saturated carbocycles. The highest BCUT2D eigenvalue weighted by molar-refractivity contribution is 7.95. The molecule has 0 radical (unpaired) electrons. The van der Waals surface area contributed by atoms with E-state index in [-0.39, 0.29) is 28.0 Å². The summed E-state index contributed by atoms with van der Waals surface area (Å²) in [5.74, 6) is -2.97. The summed E-state index contributed by atoms with van der Waals surface area (Å²) in [5.41, 5.74) is 0.0214. The van der Waals surface area contributed by atoms with Crippen molar-refractivity contribution in [3.8, 4) is 0 Å². The highest BCUT2D eigenvalue weighted by Crippen LogP contribution is 2.33. The highest BCUT2D eigenvalue weighted by atomic mass is 32.2. The monoisotopic (exact) mass is 318 g/mol.